The maximum absolute atomic E-state index is 12.5. The fraction of sp³-hybridized carbons (Fsp3) is 1.00. The third kappa shape index (κ3) is 19.4. The highest BCUT2D eigenvalue weighted by molar-refractivity contribution is 4.77. The Morgan fingerprint density at radius 3 is 1.36 bits per heavy atom. The standard InChI is InChI=1S/C16H31F3O2.C16H34O2/c1-5-6-7-8-9-10-11-14(12-13-16(17,18)19)15(2,20-3)21-4;1-6-8-9-10-11-12-13-15(3)16(17-4,18-5)14-7-2/h14H,5-13H2,1-4H3;15H,6-14H2,1-5H3. The Balaban J connectivity index is 0. The third-order valence-corrected chi connectivity index (χ3v) is 8.27. The Morgan fingerprint density at radius 1 is 0.538 bits per heavy atom. The van der Waals surface area contributed by atoms with Crippen molar-refractivity contribution >= 4 is 0 Å². The molecule has 0 aliphatic rings. The van der Waals surface area contributed by atoms with Gasteiger partial charge in [0.1, 0.15) is 0 Å². The molecule has 0 saturated heterocycles. The van der Waals surface area contributed by atoms with Crippen LogP contribution in [0.25, 0.3) is 0 Å². The molecule has 2 atom stereocenters. The molecule has 0 aromatic heterocycles. The molecule has 0 bridgehead atoms. The summed E-state index contributed by atoms with van der Waals surface area (Å²) in [6.45, 7) is 10.6. The summed E-state index contributed by atoms with van der Waals surface area (Å²) in [5.74, 6) is -1.06. The van der Waals surface area contributed by atoms with E-state index in [4.69, 9.17) is 18.9 Å². The van der Waals surface area contributed by atoms with Gasteiger partial charge in [-0.2, -0.15) is 13.2 Å². The molecule has 2 unspecified atom stereocenters. The van der Waals surface area contributed by atoms with Crippen LogP contribution in [0, 0.1) is 11.8 Å². The van der Waals surface area contributed by atoms with Crippen molar-refractivity contribution in [3.63, 3.8) is 0 Å². The summed E-state index contributed by atoms with van der Waals surface area (Å²) in [4.78, 5) is 0. The van der Waals surface area contributed by atoms with Gasteiger partial charge in [-0.15, -0.1) is 0 Å². The van der Waals surface area contributed by atoms with Crippen molar-refractivity contribution in [3.05, 3.63) is 0 Å². The van der Waals surface area contributed by atoms with Crippen LogP contribution >= 0.6 is 0 Å². The second-order valence-corrected chi connectivity index (χ2v) is 11.3. The lowest BCUT2D eigenvalue weighted by Gasteiger charge is -2.36. The molecular weight excluding hydrogens is 505 g/mol. The van der Waals surface area contributed by atoms with Crippen molar-refractivity contribution in [2.75, 3.05) is 28.4 Å². The van der Waals surface area contributed by atoms with E-state index in [-0.39, 0.29) is 18.1 Å². The smallest absolute Gasteiger partial charge is 0.353 e. The fourth-order valence-electron chi connectivity index (χ4n) is 5.33. The predicted molar refractivity (Wildman–Crippen MR) is 158 cm³/mol. The van der Waals surface area contributed by atoms with Crippen LogP contribution in [-0.4, -0.2) is 46.2 Å². The Hall–Kier alpha value is -0.370. The van der Waals surface area contributed by atoms with E-state index < -0.39 is 18.4 Å². The van der Waals surface area contributed by atoms with Crippen molar-refractivity contribution in [2.24, 2.45) is 11.8 Å². The fourth-order valence-corrected chi connectivity index (χ4v) is 5.33. The number of ether oxygens (including phenoxy) is 4. The molecule has 238 valence electrons. The van der Waals surface area contributed by atoms with Crippen molar-refractivity contribution in [1.29, 1.82) is 0 Å². The van der Waals surface area contributed by atoms with E-state index in [1.54, 1.807) is 21.1 Å². The van der Waals surface area contributed by atoms with Crippen LogP contribution in [0.1, 0.15) is 150 Å². The number of rotatable bonds is 24. The lowest BCUT2D eigenvalue weighted by Crippen LogP contribution is -2.40. The second kappa shape index (κ2) is 24.2. The Labute approximate surface area is 240 Å². The summed E-state index contributed by atoms with van der Waals surface area (Å²) in [6, 6.07) is 0. The molecule has 0 radical (unpaired) electrons. The summed E-state index contributed by atoms with van der Waals surface area (Å²) < 4.78 is 59.3. The number of unbranched alkanes of at least 4 members (excludes halogenated alkanes) is 10. The summed E-state index contributed by atoms with van der Waals surface area (Å²) in [5.41, 5.74) is 0. The summed E-state index contributed by atoms with van der Waals surface area (Å²) in [5, 5.41) is 0. The molecule has 0 saturated carbocycles. The van der Waals surface area contributed by atoms with E-state index in [1.165, 1.54) is 78.4 Å². The molecule has 0 heterocycles. The van der Waals surface area contributed by atoms with Crippen molar-refractivity contribution in [3.8, 4) is 0 Å². The average molecular weight is 571 g/mol. The van der Waals surface area contributed by atoms with Crippen LogP contribution in [-0.2, 0) is 18.9 Å². The number of hydrogen-bond donors (Lipinski definition) is 0. The zero-order valence-electron chi connectivity index (χ0n) is 27.1. The topological polar surface area (TPSA) is 36.9 Å². The molecule has 39 heavy (non-hydrogen) atoms. The van der Waals surface area contributed by atoms with E-state index in [9.17, 15) is 13.2 Å². The van der Waals surface area contributed by atoms with Crippen LogP contribution in [0.15, 0.2) is 0 Å². The van der Waals surface area contributed by atoms with Crippen molar-refractivity contribution in [2.45, 2.75) is 168 Å². The SMILES string of the molecule is CCCCCCCCC(C)C(CCC)(OC)OC.CCCCCCCCC(CCC(F)(F)F)C(C)(OC)OC. The van der Waals surface area contributed by atoms with Gasteiger partial charge in [-0.3, -0.25) is 0 Å². The maximum Gasteiger partial charge on any atom is 0.389 e. The van der Waals surface area contributed by atoms with Gasteiger partial charge in [0.15, 0.2) is 11.6 Å². The van der Waals surface area contributed by atoms with Gasteiger partial charge in [0.25, 0.3) is 0 Å². The van der Waals surface area contributed by atoms with Gasteiger partial charge < -0.3 is 18.9 Å². The normalized spacial score (nSPS) is 14.2. The minimum atomic E-state index is -4.12. The molecule has 4 nitrogen and oxygen atoms in total. The first-order valence-corrected chi connectivity index (χ1v) is 15.7. The van der Waals surface area contributed by atoms with Crippen LogP contribution in [0.2, 0.25) is 0 Å². The second-order valence-electron chi connectivity index (χ2n) is 11.3. The van der Waals surface area contributed by atoms with E-state index >= 15 is 0 Å². The highest BCUT2D eigenvalue weighted by atomic mass is 19.4. The summed E-state index contributed by atoms with van der Waals surface area (Å²) in [6.07, 6.45) is 14.0. The lowest BCUT2D eigenvalue weighted by atomic mass is 9.88. The van der Waals surface area contributed by atoms with Gasteiger partial charge in [0, 0.05) is 53.1 Å². The van der Waals surface area contributed by atoms with Crippen molar-refractivity contribution < 1.29 is 32.1 Å². The molecule has 0 aromatic carbocycles. The van der Waals surface area contributed by atoms with E-state index in [2.05, 4.69) is 27.7 Å². The molecule has 0 aliphatic carbocycles. The number of halogens is 3. The van der Waals surface area contributed by atoms with Gasteiger partial charge in [0.2, 0.25) is 0 Å². The van der Waals surface area contributed by atoms with E-state index in [1.807, 2.05) is 0 Å². The average Bonchev–Trinajstić information content (AvgIpc) is 2.92. The number of methoxy groups -OCH3 is 4. The first-order chi connectivity index (χ1) is 18.5. The Morgan fingerprint density at radius 2 is 0.974 bits per heavy atom. The third-order valence-electron chi connectivity index (χ3n) is 8.27. The van der Waals surface area contributed by atoms with Gasteiger partial charge in [0.05, 0.1) is 0 Å². The first kappa shape index (κ1) is 40.8. The zero-order valence-corrected chi connectivity index (χ0v) is 27.1. The lowest BCUT2D eigenvalue weighted by molar-refractivity contribution is -0.242. The minimum Gasteiger partial charge on any atom is -0.353 e. The van der Waals surface area contributed by atoms with Crippen LogP contribution in [0.3, 0.4) is 0 Å². The molecule has 0 N–H and O–H groups in total. The Kier molecular flexibility index (Phi) is 25.3. The van der Waals surface area contributed by atoms with Crippen LogP contribution in [0.4, 0.5) is 13.2 Å². The molecule has 0 amide bonds. The maximum atomic E-state index is 12.5. The summed E-state index contributed by atoms with van der Waals surface area (Å²) in [7, 11) is 6.53. The highest BCUT2D eigenvalue weighted by Gasteiger charge is 2.37. The molecular formula is C32H65F3O4. The van der Waals surface area contributed by atoms with Crippen LogP contribution < -0.4 is 0 Å². The minimum absolute atomic E-state index is 0.0522. The number of alkyl halides is 3. The van der Waals surface area contributed by atoms with Gasteiger partial charge in [-0.05, 0) is 26.2 Å². The van der Waals surface area contributed by atoms with E-state index in [0.29, 0.717) is 12.3 Å². The van der Waals surface area contributed by atoms with Gasteiger partial charge in [-0.1, -0.05) is 111 Å². The molecule has 0 aromatic rings. The Bertz CT molecular complexity index is 520. The molecule has 0 spiro atoms. The van der Waals surface area contributed by atoms with Gasteiger partial charge >= 0.3 is 6.18 Å². The largest absolute Gasteiger partial charge is 0.389 e. The zero-order chi connectivity index (χ0) is 30.2. The first-order valence-electron chi connectivity index (χ1n) is 15.7. The van der Waals surface area contributed by atoms with Crippen molar-refractivity contribution in [1.82, 2.24) is 0 Å². The molecule has 0 aliphatic heterocycles. The van der Waals surface area contributed by atoms with E-state index in [0.717, 1.165) is 32.1 Å². The quantitative estimate of drug-likeness (QED) is 0.0854. The van der Waals surface area contributed by atoms with Gasteiger partial charge in [-0.25, -0.2) is 0 Å². The highest BCUT2D eigenvalue weighted by Crippen LogP contribution is 2.35. The monoisotopic (exact) mass is 570 g/mol. The molecule has 0 fully saturated rings. The molecule has 0 rings (SSSR count). The van der Waals surface area contributed by atoms with Crippen LogP contribution in [0.5, 0.6) is 0 Å². The molecule has 7 heteroatoms. The predicted octanol–water partition coefficient (Wildman–Crippen LogP) is 10.9. The number of hydrogen-bond acceptors (Lipinski definition) is 4. The summed E-state index contributed by atoms with van der Waals surface area (Å²) >= 11 is 0.